The molecular formula is C25H30FN7O3. The monoisotopic (exact) mass is 495 g/mol. The Hall–Kier alpha value is -3.99. The Morgan fingerprint density at radius 2 is 1.92 bits per heavy atom. The van der Waals surface area contributed by atoms with Crippen LogP contribution in [0, 0.1) is 5.82 Å². The van der Waals surface area contributed by atoms with E-state index in [1.54, 1.807) is 30.3 Å². The number of hydrogen-bond donors (Lipinski definition) is 4. The van der Waals surface area contributed by atoms with Crippen molar-refractivity contribution in [1.82, 2.24) is 19.9 Å². The second kappa shape index (κ2) is 11.6. The number of likely N-dealkylation sites (tertiary alicyclic amines) is 1. The van der Waals surface area contributed by atoms with Gasteiger partial charge in [-0.15, -0.1) is 0 Å². The minimum absolute atomic E-state index is 0.0685. The Bertz CT molecular complexity index is 1180. The van der Waals surface area contributed by atoms with Gasteiger partial charge in [-0.3, -0.25) is 4.90 Å². The third-order valence-electron chi connectivity index (χ3n) is 6.10. The maximum absolute atomic E-state index is 14.2. The first-order chi connectivity index (χ1) is 17.5. The van der Waals surface area contributed by atoms with Crippen molar-refractivity contribution in [3.63, 3.8) is 0 Å². The quantitative estimate of drug-likeness (QED) is 0.311. The van der Waals surface area contributed by atoms with Crippen LogP contribution in [-0.4, -0.2) is 63.7 Å². The summed E-state index contributed by atoms with van der Waals surface area (Å²) in [7, 11) is 1.39. The van der Waals surface area contributed by atoms with E-state index in [4.69, 9.17) is 4.74 Å². The van der Waals surface area contributed by atoms with Crippen LogP contribution in [0.1, 0.15) is 31.4 Å². The molecule has 0 spiro atoms. The molecule has 0 bridgehead atoms. The number of nitrogens with one attached hydrogen (secondary N) is 3. The number of methoxy groups -OCH3 is 1. The number of hydrogen-bond acceptors (Lipinski definition) is 9. The standard InChI is InChI=1S/C25H30FN7O3/c1-3-33-13-7-10-18(33)15-27-23-30-24(28-17-11-12-20(36-2)19(26)14-17)32-25(31-23)29-21(22(34)35)16-8-5-4-6-9-16/h4-6,8-9,11-12,14,18,21H,3,7,10,13,15H2,1-2H3,(H,34,35)(H3,27,28,29,30,31,32). The van der Waals surface area contributed by atoms with Crippen LogP contribution >= 0.6 is 0 Å². The molecule has 10 nitrogen and oxygen atoms in total. The van der Waals surface area contributed by atoms with E-state index in [0.29, 0.717) is 23.8 Å². The summed E-state index contributed by atoms with van der Waals surface area (Å²) in [4.78, 5) is 27.6. The fourth-order valence-corrected chi connectivity index (χ4v) is 4.26. The topological polar surface area (TPSA) is 125 Å². The Labute approximate surface area is 208 Å². The van der Waals surface area contributed by atoms with Crippen molar-refractivity contribution in [3.8, 4) is 5.75 Å². The SMILES string of the molecule is CCN1CCCC1CNc1nc(Nc2ccc(OC)c(F)c2)nc(NC(C(=O)O)c2ccccc2)n1. The number of anilines is 4. The van der Waals surface area contributed by atoms with E-state index in [1.165, 1.54) is 19.2 Å². The van der Waals surface area contributed by atoms with E-state index in [-0.39, 0.29) is 23.6 Å². The van der Waals surface area contributed by atoms with Gasteiger partial charge in [0.1, 0.15) is 0 Å². The molecule has 4 N–H and O–H groups in total. The Balaban J connectivity index is 1.60. The van der Waals surface area contributed by atoms with Gasteiger partial charge in [0, 0.05) is 24.3 Å². The van der Waals surface area contributed by atoms with Gasteiger partial charge in [0.05, 0.1) is 7.11 Å². The molecule has 0 aliphatic carbocycles. The second-order valence-corrected chi connectivity index (χ2v) is 8.41. The average Bonchev–Trinajstić information content (AvgIpc) is 3.34. The van der Waals surface area contributed by atoms with Crippen LogP contribution in [0.5, 0.6) is 5.75 Å². The van der Waals surface area contributed by atoms with Gasteiger partial charge in [-0.1, -0.05) is 37.3 Å². The van der Waals surface area contributed by atoms with Crippen molar-refractivity contribution in [1.29, 1.82) is 0 Å². The van der Waals surface area contributed by atoms with Crippen molar-refractivity contribution in [2.75, 3.05) is 42.7 Å². The van der Waals surface area contributed by atoms with Gasteiger partial charge in [0.2, 0.25) is 17.8 Å². The van der Waals surface area contributed by atoms with E-state index in [2.05, 4.69) is 42.7 Å². The molecular weight excluding hydrogens is 465 g/mol. The number of aromatic nitrogens is 3. The smallest absolute Gasteiger partial charge is 0.330 e. The molecule has 2 aromatic carbocycles. The van der Waals surface area contributed by atoms with Gasteiger partial charge >= 0.3 is 5.97 Å². The number of nitrogens with zero attached hydrogens (tertiary/aromatic N) is 4. The lowest BCUT2D eigenvalue weighted by Crippen LogP contribution is -2.35. The number of carboxylic acid groups (broad SMARTS) is 1. The zero-order valence-corrected chi connectivity index (χ0v) is 20.2. The van der Waals surface area contributed by atoms with Crippen LogP contribution in [0.3, 0.4) is 0 Å². The highest BCUT2D eigenvalue weighted by Gasteiger charge is 2.24. The first-order valence-electron chi connectivity index (χ1n) is 11.9. The molecule has 2 unspecified atom stereocenters. The van der Waals surface area contributed by atoms with Gasteiger partial charge in [-0.25, -0.2) is 9.18 Å². The third-order valence-corrected chi connectivity index (χ3v) is 6.10. The van der Waals surface area contributed by atoms with Crippen LogP contribution in [0.15, 0.2) is 48.5 Å². The average molecular weight is 496 g/mol. The van der Waals surface area contributed by atoms with Crippen molar-refractivity contribution in [2.45, 2.75) is 31.8 Å². The zero-order valence-electron chi connectivity index (χ0n) is 20.2. The normalized spacial score (nSPS) is 16.4. The predicted molar refractivity (Wildman–Crippen MR) is 135 cm³/mol. The molecule has 36 heavy (non-hydrogen) atoms. The summed E-state index contributed by atoms with van der Waals surface area (Å²) < 4.78 is 19.2. The highest BCUT2D eigenvalue weighted by atomic mass is 19.1. The van der Waals surface area contributed by atoms with Crippen molar-refractivity contribution < 1.29 is 19.0 Å². The first kappa shape index (κ1) is 25.1. The number of halogens is 1. The van der Waals surface area contributed by atoms with Gasteiger partial charge in [0.25, 0.3) is 0 Å². The fourth-order valence-electron chi connectivity index (χ4n) is 4.26. The van der Waals surface area contributed by atoms with Gasteiger partial charge < -0.3 is 25.8 Å². The van der Waals surface area contributed by atoms with E-state index in [9.17, 15) is 14.3 Å². The maximum atomic E-state index is 14.2. The number of rotatable bonds is 11. The number of aliphatic carboxylic acids is 1. The summed E-state index contributed by atoms with van der Waals surface area (Å²) in [5.74, 6) is -1.01. The van der Waals surface area contributed by atoms with Gasteiger partial charge in [0.15, 0.2) is 17.6 Å². The van der Waals surface area contributed by atoms with E-state index < -0.39 is 17.8 Å². The molecule has 4 rings (SSSR count). The van der Waals surface area contributed by atoms with Crippen molar-refractivity contribution in [2.24, 2.45) is 0 Å². The lowest BCUT2D eigenvalue weighted by molar-refractivity contribution is -0.138. The summed E-state index contributed by atoms with van der Waals surface area (Å²) in [5, 5.41) is 18.9. The minimum atomic E-state index is -1.08. The van der Waals surface area contributed by atoms with E-state index in [1.807, 2.05) is 6.07 Å². The molecule has 1 aromatic heterocycles. The maximum Gasteiger partial charge on any atom is 0.330 e. The van der Waals surface area contributed by atoms with Crippen LogP contribution in [-0.2, 0) is 4.79 Å². The second-order valence-electron chi connectivity index (χ2n) is 8.41. The Morgan fingerprint density at radius 1 is 1.17 bits per heavy atom. The molecule has 190 valence electrons. The molecule has 0 amide bonds. The predicted octanol–water partition coefficient (Wildman–Crippen LogP) is 3.90. The summed E-state index contributed by atoms with van der Waals surface area (Å²) in [6, 6.07) is 12.4. The summed E-state index contributed by atoms with van der Waals surface area (Å²) in [6.45, 7) is 4.79. The van der Waals surface area contributed by atoms with Gasteiger partial charge in [-0.05, 0) is 43.6 Å². The van der Waals surface area contributed by atoms with Crippen LogP contribution in [0.25, 0.3) is 0 Å². The number of benzene rings is 2. The molecule has 1 saturated heterocycles. The van der Waals surface area contributed by atoms with Gasteiger partial charge in [-0.2, -0.15) is 15.0 Å². The lowest BCUT2D eigenvalue weighted by Gasteiger charge is -2.23. The summed E-state index contributed by atoms with van der Waals surface area (Å²) in [6.07, 6.45) is 2.21. The zero-order chi connectivity index (χ0) is 25.5. The van der Waals surface area contributed by atoms with E-state index in [0.717, 1.165) is 25.9 Å². The third kappa shape index (κ3) is 6.16. The molecule has 2 atom stereocenters. The molecule has 1 fully saturated rings. The highest BCUT2D eigenvalue weighted by Crippen LogP contribution is 2.25. The summed E-state index contributed by atoms with van der Waals surface area (Å²) in [5.41, 5.74) is 0.957. The van der Waals surface area contributed by atoms with Crippen LogP contribution in [0.2, 0.25) is 0 Å². The number of carbonyl (C=O) groups is 1. The molecule has 0 radical (unpaired) electrons. The van der Waals surface area contributed by atoms with E-state index >= 15 is 0 Å². The first-order valence-corrected chi connectivity index (χ1v) is 11.9. The minimum Gasteiger partial charge on any atom is -0.494 e. The van der Waals surface area contributed by atoms with Crippen molar-refractivity contribution in [3.05, 3.63) is 59.9 Å². The number of carboxylic acids is 1. The number of ether oxygens (including phenoxy) is 1. The Morgan fingerprint density at radius 3 is 2.61 bits per heavy atom. The molecule has 1 aliphatic heterocycles. The fraction of sp³-hybridized carbons (Fsp3) is 0.360. The number of likely N-dealkylation sites (N-methyl/N-ethyl adjacent to an activating group) is 1. The van der Waals surface area contributed by atoms with Crippen LogP contribution < -0.4 is 20.7 Å². The van der Waals surface area contributed by atoms with Crippen LogP contribution in [0.4, 0.5) is 27.9 Å². The molecule has 2 heterocycles. The molecule has 0 saturated carbocycles. The lowest BCUT2D eigenvalue weighted by atomic mass is 10.1. The molecule has 11 heteroatoms. The summed E-state index contributed by atoms with van der Waals surface area (Å²) >= 11 is 0. The van der Waals surface area contributed by atoms with Crippen molar-refractivity contribution >= 4 is 29.5 Å². The molecule has 1 aliphatic rings. The Kier molecular flexibility index (Phi) is 8.11. The molecule has 3 aromatic rings. The largest absolute Gasteiger partial charge is 0.494 e. The highest BCUT2D eigenvalue weighted by molar-refractivity contribution is 5.78.